The van der Waals surface area contributed by atoms with E-state index in [1.54, 1.807) is 24.3 Å². The molecule has 1 unspecified atom stereocenters. The van der Waals surface area contributed by atoms with Gasteiger partial charge in [0.05, 0.1) is 18.3 Å². The summed E-state index contributed by atoms with van der Waals surface area (Å²) in [5, 5.41) is 24.2. The number of aliphatic hydroxyl groups is 2. The van der Waals surface area contributed by atoms with Gasteiger partial charge in [-0.15, -0.1) is 0 Å². The van der Waals surface area contributed by atoms with Gasteiger partial charge in [-0.1, -0.05) is 18.2 Å². The van der Waals surface area contributed by atoms with E-state index in [9.17, 15) is 9.90 Å². The third-order valence-electron chi connectivity index (χ3n) is 3.39. The predicted octanol–water partition coefficient (Wildman–Crippen LogP) is 2.32. The van der Waals surface area contributed by atoms with Gasteiger partial charge in [-0.3, -0.25) is 4.79 Å². The van der Waals surface area contributed by atoms with E-state index in [0.29, 0.717) is 11.3 Å². The van der Waals surface area contributed by atoms with Gasteiger partial charge < -0.3 is 20.8 Å². The van der Waals surface area contributed by atoms with Crippen LogP contribution in [0.3, 0.4) is 0 Å². The first-order valence-electron chi connectivity index (χ1n) is 7.51. The number of carbonyl (C=O) groups excluding carboxylic acids is 1. The number of rotatable bonds is 6. The molecule has 0 bridgehead atoms. The van der Waals surface area contributed by atoms with E-state index < -0.39 is 6.10 Å². The van der Waals surface area contributed by atoms with Gasteiger partial charge in [-0.05, 0) is 49.2 Å². The van der Waals surface area contributed by atoms with Crippen LogP contribution in [0.5, 0.6) is 0 Å². The molecule has 0 radical (unpaired) electrons. The maximum atomic E-state index is 12.5. The first-order chi connectivity index (χ1) is 11.0. The molecule has 4 N–H and O–H groups in total. The predicted molar refractivity (Wildman–Crippen MR) is 91.9 cm³/mol. The molecule has 0 heterocycles. The maximum absolute atomic E-state index is 12.5. The normalized spacial score (nSPS) is 11.8. The molecule has 0 fully saturated rings. The van der Waals surface area contributed by atoms with Crippen LogP contribution in [0.4, 0.5) is 11.4 Å². The Hall–Kier alpha value is -2.37. The van der Waals surface area contributed by atoms with Crippen LogP contribution < -0.4 is 10.6 Å². The Morgan fingerprint density at radius 1 is 1.13 bits per heavy atom. The van der Waals surface area contributed by atoms with Gasteiger partial charge in [0.2, 0.25) is 0 Å². The van der Waals surface area contributed by atoms with Gasteiger partial charge >= 0.3 is 0 Å². The SMILES string of the molecule is Cc1cc(C)cc(NC(=O)c2ccccc2NCC(O)CO)c1. The minimum Gasteiger partial charge on any atom is -0.394 e. The summed E-state index contributed by atoms with van der Waals surface area (Å²) in [6, 6.07) is 12.9. The molecule has 23 heavy (non-hydrogen) atoms. The van der Waals surface area contributed by atoms with Crippen molar-refractivity contribution in [2.75, 3.05) is 23.8 Å². The van der Waals surface area contributed by atoms with Crippen LogP contribution in [0, 0.1) is 13.8 Å². The number of anilines is 2. The second kappa shape index (κ2) is 7.76. The number of amides is 1. The molecular formula is C18H22N2O3. The molecule has 1 amide bonds. The quantitative estimate of drug-likeness (QED) is 0.659. The van der Waals surface area contributed by atoms with E-state index in [-0.39, 0.29) is 19.1 Å². The summed E-state index contributed by atoms with van der Waals surface area (Å²) in [7, 11) is 0. The summed E-state index contributed by atoms with van der Waals surface area (Å²) in [4.78, 5) is 12.5. The van der Waals surface area contributed by atoms with E-state index in [4.69, 9.17) is 5.11 Å². The Morgan fingerprint density at radius 3 is 2.43 bits per heavy atom. The molecule has 0 spiro atoms. The van der Waals surface area contributed by atoms with E-state index in [0.717, 1.165) is 16.8 Å². The zero-order valence-electron chi connectivity index (χ0n) is 13.3. The highest BCUT2D eigenvalue weighted by Crippen LogP contribution is 2.19. The van der Waals surface area contributed by atoms with Crippen LogP contribution in [-0.2, 0) is 0 Å². The van der Waals surface area contributed by atoms with Crippen molar-refractivity contribution in [3.63, 3.8) is 0 Å². The van der Waals surface area contributed by atoms with Gasteiger partial charge in [-0.25, -0.2) is 0 Å². The number of aliphatic hydroxyl groups excluding tert-OH is 2. The molecule has 0 aromatic heterocycles. The smallest absolute Gasteiger partial charge is 0.257 e. The fourth-order valence-corrected chi connectivity index (χ4v) is 2.37. The molecule has 2 rings (SSSR count). The highest BCUT2D eigenvalue weighted by atomic mass is 16.3. The fourth-order valence-electron chi connectivity index (χ4n) is 2.37. The van der Waals surface area contributed by atoms with Crippen LogP contribution in [0.1, 0.15) is 21.5 Å². The molecule has 0 saturated heterocycles. The largest absolute Gasteiger partial charge is 0.394 e. The second-order valence-corrected chi connectivity index (χ2v) is 5.59. The molecular weight excluding hydrogens is 292 g/mol. The third-order valence-corrected chi connectivity index (χ3v) is 3.39. The van der Waals surface area contributed by atoms with Crippen LogP contribution in [0.2, 0.25) is 0 Å². The van der Waals surface area contributed by atoms with E-state index in [1.807, 2.05) is 32.0 Å². The molecule has 0 aliphatic rings. The van der Waals surface area contributed by atoms with Crippen molar-refractivity contribution in [2.45, 2.75) is 20.0 Å². The van der Waals surface area contributed by atoms with Gasteiger partial charge in [0.25, 0.3) is 5.91 Å². The lowest BCUT2D eigenvalue weighted by Gasteiger charge is -2.14. The number of hydrogen-bond donors (Lipinski definition) is 4. The Morgan fingerprint density at radius 2 is 1.78 bits per heavy atom. The Balaban J connectivity index is 2.15. The fraction of sp³-hybridized carbons (Fsp3) is 0.278. The first kappa shape index (κ1) is 17.0. The highest BCUT2D eigenvalue weighted by molar-refractivity contribution is 6.08. The number of aryl methyl sites for hydroxylation is 2. The summed E-state index contributed by atoms with van der Waals surface area (Å²) in [6.07, 6.45) is -0.870. The van der Waals surface area contributed by atoms with Gasteiger partial charge in [0.15, 0.2) is 0 Å². The molecule has 2 aromatic rings. The monoisotopic (exact) mass is 314 g/mol. The Kier molecular flexibility index (Phi) is 5.73. The van der Waals surface area contributed by atoms with E-state index in [1.165, 1.54) is 0 Å². The summed E-state index contributed by atoms with van der Waals surface area (Å²) >= 11 is 0. The number of benzene rings is 2. The lowest BCUT2D eigenvalue weighted by Crippen LogP contribution is -2.24. The standard InChI is InChI=1S/C18H22N2O3/c1-12-7-13(2)9-14(8-12)20-18(23)16-5-3-4-6-17(16)19-10-15(22)11-21/h3-9,15,19,21-22H,10-11H2,1-2H3,(H,20,23). The summed E-state index contributed by atoms with van der Waals surface area (Å²) in [6.45, 7) is 3.80. The Labute approximate surface area is 136 Å². The topological polar surface area (TPSA) is 81.6 Å². The van der Waals surface area contributed by atoms with Gasteiger partial charge in [-0.2, -0.15) is 0 Å². The molecule has 1 atom stereocenters. The van der Waals surface area contributed by atoms with Crippen LogP contribution in [0.25, 0.3) is 0 Å². The first-order valence-corrected chi connectivity index (χ1v) is 7.51. The summed E-state index contributed by atoms with van der Waals surface area (Å²) in [5.41, 5.74) is 4.01. The maximum Gasteiger partial charge on any atom is 0.257 e. The number of nitrogens with one attached hydrogen (secondary N) is 2. The van der Waals surface area contributed by atoms with Crippen molar-refractivity contribution < 1.29 is 15.0 Å². The van der Waals surface area contributed by atoms with Crippen molar-refractivity contribution in [2.24, 2.45) is 0 Å². The lowest BCUT2D eigenvalue weighted by atomic mass is 10.1. The molecule has 0 saturated carbocycles. The van der Waals surface area contributed by atoms with Crippen LogP contribution >= 0.6 is 0 Å². The van der Waals surface area contributed by atoms with Crippen molar-refractivity contribution in [1.29, 1.82) is 0 Å². The van der Waals surface area contributed by atoms with Crippen LogP contribution in [-0.4, -0.2) is 35.4 Å². The Bertz CT molecular complexity index is 665. The van der Waals surface area contributed by atoms with Crippen molar-refractivity contribution in [3.8, 4) is 0 Å². The molecule has 0 aliphatic heterocycles. The zero-order chi connectivity index (χ0) is 16.8. The molecule has 2 aromatic carbocycles. The minimum absolute atomic E-state index is 0.171. The highest BCUT2D eigenvalue weighted by Gasteiger charge is 2.12. The van der Waals surface area contributed by atoms with Gasteiger partial charge in [0, 0.05) is 17.9 Å². The molecule has 5 nitrogen and oxygen atoms in total. The number of carbonyl (C=O) groups is 1. The van der Waals surface area contributed by atoms with Crippen LogP contribution in [0.15, 0.2) is 42.5 Å². The minimum atomic E-state index is -0.870. The average molecular weight is 314 g/mol. The second-order valence-electron chi connectivity index (χ2n) is 5.59. The number of para-hydroxylation sites is 1. The van der Waals surface area contributed by atoms with Crippen molar-refractivity contribution in [1.82, 2.24) is 0 Å². The molecule has 0 aliphatic carbocycles. The van der Waals surface area contributed by atoms with Crippen molar-refractivity contribution >= 4 is 17.3 Å². The van der Waals surface area contributed by atoms with E-state index in [2.05, 4.69) is 10.6 Å². The molecule has 5 heteroatoms. The van der Waals surface area contributed by atoms with Crippen molar-refractivity contribution in [3.05, 3.63) is 59.2 Å². The number of hydrogen-bond acceptors (Lipinski definition) is 4. The lowest BCUT2D eigenvalue weighted by molar-refractivity contribution is 0.102. The summed E-state index contributed by atoms with van der Waals surface area (Å²) in [5.74, 6) is -0.225. The third kappa shape index (κ3) is 4.81. The van der Waals surface area contributed by atoms with Gasteiger partial charge in [0.1, 0.15) is 0 Å². The average Bonchev–Trinajstić information content (AvgIpc) is 2.51. The summed E-state index contributed by atoms with van der Waals surface area (Å²) < 4.78 is 0. The molecule has 122 valence electrons. The zero-order valence-corrected chi connectivity index (χ0v) is 13.3. The van der Waals surface area contributed by atoms with E-state index >= 15 is 0 Å².